The van der Waals surface area contributed by atoms with Crippen LogP contribution in [0.5, 0.6) is 0 Å². The molecule has 0 saturated carbocycles. The van der Waals surface area contributed by atoms with Gasteiger partial charge in [-0.25, -0.2) is 14.4 Å². The standard InChI is InChI=1S/C22H32FN7/c1-3-24-21(28(2)18-19-6-8-20(23)9-7-19)25-12-5-13-29-14-16-30(17-15-29)22-26-10-4-11-27-22/h4,6-11H,3,5,12-18H2,1-2H3,(H,24,25). The lowest BCUT2D eigenvalue weighted by Crippen LogP contribution is -2.47. The van der Waals surface area contributed by atoms with Crippen molar-refractivity contribution in [3.63, 3.8) is 0 Å². The highest BCUT2D eigenvalue weighted by Crippen LogP contribution is 2.10. The van der Waals surface area contributed by atoms with Crippen LogP contribution in [0.15, 0.2) is 47.7 Å². The number of nitrogens with zero attached hydrogens (tertiary/aromatic N) is 6. The van der Waals surface area contributed by atoms with Gasteiger partial charge in [0.1, 0.15) is 5.82 Å². The fourth-order valence-electron chi connectivity index (χ4n) is 3.51. The third kappa shape index (κ3) is 6.66. The summed E-state index contributed by atoms with van der Waals surface area (Å²) in [5.41, 5.74) is 1.06. The summed E-state index contributed by atoms with van der Waals surface area (Å²) >= 11 is 0. The van der Waals surface area contributed by atoms with E-state index in [1.165, 1.54) is 12.1 Å². The summed E-state index contributed by atoms with van der Waals surface area (Å²) in [5.74, 6) is 1.49. The SMILES string of the molecule is CCNC(=NCCCN1CCN(c2ncccn2)CC1)N(C)Cc1ccc(F)cc1. The zero-order chi connectivity index (χ0) is 21.2. The topological polar surface area (TPSA) is 59.9 Å². The maximum atomic E-state index is 13.1. The minimum Gasteiger partial charge on any atom is -0.357 e. The molecule has 8 heteroatoms. The molecule has 2 aromatic rings. The van der Waals surface area contributed by atoms with Crippen LogP contribution in [0.25, 0.3) is 0 Å². The van der Waals surface area contributed by atoms with Crippen molar-refractivity contribution >= 4 is 11.9 Å². The van der Waals surface area contributed by atoms with Crippen LogP contribution < -0.4 is 10.2 Å². The van der Waals surface area contributed by atoms with Crippen molar-refractivity contribution in [2.75, 3.05) is 57.8 Å². The van der Waals surface area contributed by atoms with Crippen molar-refractivity contribution in [1.29, 1.82) is 0 Å². The average Bonchev–Trinajstić information content (AvgIpc) is 2.78. The van der Waals surface area contributed by atoms with Crippen LogP contribution in [0.2, 0.25) is 0 Å². The first-order valence-electron chi connectivity index (χ1n) is 10.6. The molecular weight excluding hydrogens is 381 g/mol. The van der Waals surface area contributed by atoms with E-state index in [0.717, 1.165) is 69.7 Å². The molecule has 0 bridgehead atoms. The molecule has 0 atom stereocenters. The number of benzene rings is 1. The lowest BCUT2D eigenvalue weighted by atomic mass is 10.2. The quantitative estimate of drug-likeness (QED) is 0.407. The summed E-state index contributed by atoms with van der Waals surface area (Å²) in [4.78, 5) is 20.2. The van der Waals surface area contributed by atoms with Gasteiger partial charge >= 0.3 is 0 Å². The van der Waals surface area contributed by atoms with Crippen LogP contribution in [0, 0.1) is 5.82 Å². The van der Waals surface area contributed by atoms with Gasteiger partial charge in [-0.05, 0) is 37.1 Å². The van der Waals surface area contributed by atoms with E-state index in [-0.39, 0.29) is 5.82 Å². The lowest BCUT2D eigenvalue weighted by Gasteiger charge is -2.34. The highest BCUT2D eigenvalue weighted by Gasteiger charge is 2.18. The predicted molar refractivity (Wildman–Crippen MR) is 119 cm³/mol. The van der Waals surface area contributed by atoms with Crippen molar-refractivity contribution < 1.29 is 4.39 Å². The van der Waals surface area contributed by atoms with Crippen molar-refractivity contribution in [1.82, 2.24) is 25.1 Å². The number of hydrogen-bond donors (Lipinski definition) is 1. The number of aliphatic imine (C=N–C) groups is 1. The first-order chi connectivity index (χ1) is 14.7. The normalized spacial score (nSPS) is 15.3. The van der Waals surface area contributed by atoms with Crippen LogP contribution in [0.1, 0.15) is 18.9 Å². The molecule has 0 amide bonds. The second kappa shape index (κ2) is 11.4. The molecule has 2 heterocycles. The average molecular weight is 414 g/mol. The molecule has 1 aromatic heterocycles. The Morgan fingerprint density at radius 1 is 1.13 bits per heavy atom. The zero-order valence-electron chi connectivity index (χ0n) is 18.0. The Balaban J connectivity index is 1.41. The molecule has 0 aliphatic carbocycles. The molecule has 1 aliphatic rings. The smallest absolute Gasteiger partial charge is 0.225 e. The Kier molecular flexibility index (Phi) is 8.38. The number of hydrogen-bond acceptors (Lipinski definition) is 5. The molecule has 0 radical (unpaired) electrons. The number of nitrogens with one attached hydrogen (secondary N) is 1. The second-order valence-corrected chi connectivity index (χ2v) is 7.45. The minimum atomic E-state index is -0.209. The van der Waals surface area contributed by atoms with Crippen LogP contribution >= 0.6 is 0 Å². The summed E-state index contributed by atoms with van der Waals surface area (Å²) in [6.07, 6.45) is 4.60. The number of halogens is 1. The molecular formula is C22H32FN7. The number of anilines is 1. The Morgan fingerprint density at radius 3 is 2.50 bits per heavy atom. The number of rotatable bonds is 8. The van der Waals surface area contributed by atoms with Crippen LogP contribution in [0.3, 0.4) is 0 Å². The highest BCUT2D eigenvalue weighted by atomic mass is 19.1. The molecule has 7 nitrogen and oxygen atoms in total. The van der Waals surface area contributed by atoms with Gasteiger partial charge in [0, 0.05) is 71.8 Å². The van der Waals surface area contributed by atoms with Gasteiger partial charge in [0.15, 0.2) is 5.96 Å². The van der Waals surface area contributed by atoms with Gasteiger partial charge in [-0.3, -0.25) is 9.89 Å². The maximum absolute atomic E-state index is 13.1. The molecule has 30 heavy (non-hydrogen) atoms. The summed E-state index contributed by atoms with van der Waals surface area (Å²) in [6, 6.07) is 8.47. The highest BCUT2D eigenvalue weighted by molar-refractivity contribution is 5.79. The largest absolute Gasteiger partial charge is 0.357 e. The third-order valence-corrected chi connectivity index (χ3v) is 5.13. The monoisotopic (exact) mass is 413 g/mol. The summed E-state index contributed by atoms with van der Waals surface area (Å²) in [5, 5.41) is 3.34. The molecule has 0 unspecified atom stereocenters. The minimum absolute atomic E-state index is 0.209. The number of piperazine rings is 1. The van der Waals surface area contributed by atoms with E-state index in [0.29, 0.717) is 6.54 Å². The van der Waals surface area contributed by atoms with Crippen molar-refractivity contribution in [2.24, 2.45) is 4.99 Å². The summed E-state index contributed by atoms with van der Waals surface area (Å²) in [7, 11) is 2.01. The lowest BCUT2D eigenvalue weighted by molar-refractivity contribution is 0.255. The number of aromatic nitrogens is 2. The third-order valence-electron chi connectivity index (χ3n) is 5.13. The second-order valence-electron chi connectivity index (χ2n) is 7.45. The Hall–Kier alpha value is -2.74. The fraction of sp³-hybridized carbons (Fsp3) is 0.500. The Labute approximate surface area is 178 Å². The van der Waals surface area contributed by atoms with Crippen molar-refractivity contribution in [3.8, 4) is 0 Å². The zero-order valence-corrected chi connectivity index (χ0v) is 18.0. The molecule has 1 aliphatic heterocycles. The van der Waals surface area contributed by atoms with Crippen LogP contribution in [-0.2, 0) is 6.54 Å². The van der Waals surface area contributed by atoms with Crippen LogP contribution in [0.4, 0.5) is 10.3 Å². The molecule has 1 N–H and O–H groups in total. The molecule has 162 valence electrons. The van der Waals surface area contributed by atoms with Crippen LogP contribution in [-0.4, -0.2) is 78.6 Å². The summed E-state index contributed by atoms with van der Waals surface area (Å²) in [6.45, 7) is 9.33. The first-order valence-corrected chi connectivity index (χ1v) is 10.6. The van der Waals surface area contributed by atoms with Gasteiger partial charge < -0.3 is 15.1 Å². The molecule has 0 spiro atoms. The van der Waals surface area contributed by atoms with Gasteiger partial charge in [-0.2, -0.15) is 0 Å². The van der Waals surface area contributed by atoms with Gasteiger partial charge in [0.25, 0.3) is 0 Å². The molecule has 3 rings (SSSR count). The van der Waals surface area contributed by atoms with E-state index in [4.69, 9.17) is 4.99 Å². The van der Waals surface area contributed by atoms with E-state index >= 15 is 0 Å². The van der Waals surface area contributed by atoms with E-state index in [1.54, 1.807) is 12.4 Å². The van der Waals surface area contributed by atoms with Gasteiger partial charge in [0.2, 0.25) is 5.95 Å². The Bertz CT molecular complexity index is 774. The fourth-order valence-corrected chi connectivity index (χ4v) is 3.51. The Morgan fingerprint density at radius 2 is 1.83 bits per heavy atom. The van der Waals surface area contributed by atoms with Gasteiger partial charge in [0.05, 0.1) is 0 Å². The van der Waals surface area contributed by atoms with E-state index in [1.807, 2.05) is 25.2 Å². The number of guanidine groups is 1. The molecule has 1 fully saturated rings. The van der Waals surface area contributed by atoms with Crippen molar-refractivity contribution in [3.05, 3.63) is 54.1 Å². The van der Waals surface area contributed by atoms with E-state index < -0.39 is 0 Å². The van der Waals surface area contributed by atoms with Gasteiger partial charge in [-0.1, -0.05) is 12.1 Å². The molecule has 1 aromatic carbocycles. The van der Waals surface area contributed by atoms with E-state index in [2.05, 4.69) is 36.9 Å². The maximum Gasteiger partial charge on any atom is 0.225 e. The predicted octanol–water partition coefficient (Wildman–Crippen LogP) is 2.23. The van der Waals surface area contributed by atoms with E-state index in [9.17, 15) is 4.39 Å². The summed E-state index contributed by atoms with van der Waals surface area (Å²) < 4.78 is 13.1. The molecule has 1 saturated heterocycles. The first kappa shape index (κ1) is 22.0. The van der Waals surface area contributed by atoms with Crippen molar-refractivity contribution in [2.45, 2.75) is 19.9 Å². The van der Waals surface area contributed by atoms with Gasteiger partial charge in [-0.15, -0.1) is 0 Å².